The van der Waals surface area contributed by atoms with Gasteiger partial charge in [0.25, 0.3) is 0 Å². The number of aliphatic hydroxyl groups is 1. The molecule has 36 heavy (non-hydrogen) atoms. The number of hydrogen-bond acceptors (Lipinski definition) is 7. The lowest BCUT2D eigenvalue weighted by Crippen LogP contribution is -2.29. The van der Waals surface area contributed by atoms with Crippen molar-refractivity contribution >= 4 is 39.5 Å². The number of rotatable bonds is 12. The van der Waals surface area contributed by atoms with Crippen molar-refractivity contribution in [1.29, 1.82) is 0 Å². The second kappa shape index (κ2) is 13.0. The summed E-state index contributed by atoms with van der Waals surface area (Å²) in [6.45, 7) is 4.81. The highest BCUT2D eigenvalue weighted by Crippen LogP contribution is 2.28. The van der Waals surface area contributed by atoms with Crippen molar-refractivity contribution in [2.75, 3.05) is 13.4 Å². The average molecular weight is 495 g/mol. The number of fused-ring (bicyclic) bond motifs is 2. The van der Waals surface area contributed by atoms with Gasteiger partial charge >= 0.3 is 17.9 Å². The van der Waals surface area contributed by atoms with Crippen LogP contribution < -0.4 is 0 Å². The molecule has 0 aliphatic carbocycles. The molecule has 0 fully saturated rings. The molecule has 0 aliphatic heterocycles. The molecule has 7 nitrogen and oxygen atoms in total. The van der Waals surface area contributed by atoms with Gasteiger partial charge in [-0.3, -0.25) is 14.4 Å². The normalized spacial score (nSPS) is 13.7. The van der Waals surface area contributed by atoms with Gasteiger partial charge in [-0.1, -0.05) is 56.3 Å². The van der Waals surface area contributed by atoms with Crippen molar-refractivity contribution in [1.82, 2.24) is 0 Å². The molecule has 3 aromatic rings. The van der Waals surface area contributed by atoms with Gasteiger partial charge in [0.15, 0.2) is 6.79 Å². The van der Waals surface area contributed by atoms with Crippen molar-refractivity contribution in [3.63, 3.8) is 0 Å². The van der Waals surface area contributed by atoms with Gasteiger partial charge in [-0.25, -0.2) is 0 Å². The lowest BCUT2D eigenvalue weighted by Gasteiger charge is -2.22. The molecular weight excluding hydrogens is 460 g/mol. The molecule has 0 aliphatic rings. The highest BCUT2D eigenvalue weighted by atomic mass is 16.6. The van der Waals surface area contributed by atoms with Gasteiger partial charge in [0.2, 0.25) is 0 Å². The van der Waals surface area contributed by atoms with Crippen LogP contribution in [-0.4, -0.2) is 36.4 Å². The average Bonchev–Trinajstić information content (AvgIpc) is 2.88. The van der Waals surface area contributed by atoms with Crippen molar-refractivity contribution in [3.05, 3.63) is 60.2 Å². The molecule has 3 aromatic carbocycles. The number of carbonyl (C=O) groups is 3. The smallest absolute Gasteiger partial charge is 0.311 e. The number of esters is 3. The summed E-state index contributed by atoms with van der Waals surface area (Å²) in [5.74, 6) is -3.30. The molecule has 0 heterocycles. The summed E-state index contributed by atoms with van der Waals surface area (Å²) in [5, 5.41) is 13.2. The van der Waals surface area contributed by atoms with Crippen LogP contribution >= 0.6 is 0 Å². The number of benzene rings is 3. The lowest BCUT2D eigenvalue weighted by molar-refractivity contribution is -0.159. The molecule has 192 valence electrons. The van der Waals surface area contributed by atoms with Crippen LogP contribution in [0.25, 0.3) is 21.5 Å². The van der Waals surface area contributed by atoms with Gasteiger partial charge in [0, 0.05) is 0 Å². The van der Waals surface area contributed by atoms with Crippen LogP contribution in [0.4, 0.5) is 0 Å². The van der Waals surface area contributed by atoms with E-state index in [0.29, 0.717) is 6.42 Å². The maximum Gasteiger partial charge on any atom is 0.311 e. The van der Waals surface area contributed by atoms with Crippen LogP contribution in [0.2, 0.25) is 0 Å². The summed E-state index contributed by atoms with van der Waals surface area (Å²) in [6, 6.07) is 18.2. The molecule has 3 unspecified atom stereocenters. The lowest BCUT2D eigenvalue weighted by atomic mass is 9.86. The van der Waals surface area contributed by atoms with E-state index in [-0.39, 0.29) is 26.1 Å². The van der Waals surface area contributed by atoms with Crippen molar-refractivity contribution in [2.45, 2.75) is 46.6 Å². The minimum absolute atomic E-state index is 0.114. The van der Waals surface area contributed by atoms with Gasteiger partial charge in [-0.05, 0) is 65.4 Å². The number of aliphatic hydroxyl groups excluding tert-OH is 1. The topological polar surface area (TPSA) is 99.1 Å². The van der Waals surface area contributed by atoms with E-state index in [4.69, 9.17) is 19.3 Å². The van der Waals surface area contributed by atoms with E-state index in [0.717, 1.165) is 27.1 Å². The highest BCUT2D eigenvalue weighted by molar-refractivity contribution is 5.99. The molecule has 0 saturated heterocycles. The van der Waals surface area contributed by atoms with Crippen LogP contribution in [0.5, 0.6) is 0 Å². The van der Waals surface area contributed by atoms with E-state index in [1.54, 1.807) is 20.8 Å². The van der Waals surface area contributed by atoms with Crippen LogP contribution in [-0.2, 0) is 35.2 Å². The van der Waals surface area contributed by atoms with E-state index in [2.05, 4.69) is 24.3 Å². The van der Waals surface area contributed by atoms with Crippen molar-refractivity contribution < 1.29 is 33.7 Å². The maximum atomic E-state index is 12.9. The minimum atomic E-state index is -0.716. The third-order valence-electron chi connectivity index (χ3n) is 6.47. The molecule has 0 aromatic heterocycles. The molecule has 7 heteroatoms. The first-order valence-electron chi connectivity index (χ1n) is 12.4. The van der Waals surface area contributed by atoms with Crippen molar-refractivity contribution in [3.8, 4) is 0 Å². The van der Waals surface area contributed by atoms with Crippen LogP contribution in [0.1, 0.15) is 45.6 Å². The molecule has 3 atom stereocenters. The molecule has 0 spiro atoms. The predicted octanol–water partition coefficient (Wildman–Crippen LogP) is 5.15. The fraction of sp³-hybridized carbons (Fsp3) is 0.414. The molecule has 0 bridgehead atoms. The number of carbonyl (C=O) groups excluding carboxylic acids is 3. The van der Waals surface area contributed by atoms with Gasteiger partial charge in [-0.2, -0.15) is 0 Å². The Morgan fingerprint density at radius 2 is 1.44 bits per heavy atom. The van der Waals surface area contributed by atoms with Crippen LogP contribution in [0, 0.1) is 17.8 Å². The van der Waals surface area contributed by atoms with E-state index in [1.165, 1.54) is 0 Å². The van der Waals surface area contributed by atoms with E-state index in [1.807, 2.05) is 30.3 Å². The molecule has 0 amide bonds. The zero-order chi connectivity index (χ0) is 26.1. The third-order valence-corrected chi connectivity index (χ3v) is 6.47. The van der Waals surface area contributed by atoms with Gasteiger partial charge in [-0.15, -0.1) is 0 Å². The largest absolute Gasteiger partial charge is 0.466 e. The highest BCUT2D eigenvalue weighted by Gasteiger charge is 2.31. The Morgan fingerprint density at radius 3 is 2.11 bits per heavy atom. The van der Waals surface area contributed by atoms with Crippen LogP contribution in [0.15, 0.2) is 54.6 Å². The predicted molar refractivity (Wildman–Crippen MR) is 137 cm³/mol. The molecule has 0 saturated carbocycles. The van der Waals surface area contributed by atoms with E-state index in [9.17, 15) is 14.4 Å². The monoisotopic (exact) mass is 494 g/mol. The summed E-state index contributed by atoms with van der Waals surface area (Å²) < 4.78 is 15.6. The molecular formula is C29H34O7. The Bertz CT molecular complexity index is 1200. The first kappa shape index (κ1) is 27.1. The minimum Gasteiger partial charge on any atom is -0.466 e. The van der Waals surface area contributed by atoms with E-state index < -0.39 is 42.5 Å². The second-order valence-corrected chi connectivity index (χ2v) is 8.96. The summed E-state index contributed by atoms with van der Waals surface area (Å²) >= 11 is 0. The zero-order valence-electron chi connectivity index (χ0n) is 21.1. The van der Waals surface area contributed by atoms with Crippen molar-refractivity contribution in [2.24, 2.45) is 17.8 Å². The summed E-state index contributed by atoms with van der Waals surface area (Å²) in [5.41, 5.74) is 0.901. The Hall–Kier alpha value is -3.45. The molecule has 0 radical (unpaired) electrons. The Labute approximate surface area is 211 Å². The zero-order valence-corrected chi connectivity index (χ0v) is 21.1. The standard InChI is InChI=1S/C29H34O7/c1-4-20(28(32)36-18-30)14-25(29(33)34-5-2)13-19(3)27(31)35-17-24-12-8-11-23-15-21-9-6-7-10-22(21)16-26(23)24/h6-12,15-16,19-20,25,30H,4-5,13-14,17-18H2,1-3H3. The van der Waals surface area contributed by atoms with Gasteiger partial charge in [0.05, 0.1) is 24.4 Å². The summed E-state index contributed by atoms with van der Waals surface area (Å²) in [7, 11) is 0. The first-order chi connectivity index (χ1) is 17.4. The molecule has 1 N–H and O–H groups in total. The fourth-order valence-corrected chi connectivity index (χ4v) is 4.47. The number of ether oxygens (including phenoxy) is 3. The van der Waals surface area contributed by atoms with E-state index >= 15 is 0 Å². The fourth-order valence-electron chi connectivity index (χ4n) is 4.47. The Balaban J connectivity index is 1.69. The first-order valence-corrected chi connectivity index (χ1v) is 12.4. The van der Waals surface area contributed by atoms with Gasteiger partial charge < -0.3 is 19.3 Å². The summed E-state index contributed by atoms with van der Waals surface area (Å²) in [6.07, 6.45) is 0.784. The third kappa shape index (κ3) is 6.82. The number of hydrogen-bond donors (Lipinski definition) is 1. The summed E-state index contributed by atoms with van der Waals surface area (Å²) in [4.78, 5) is 37.6. The maximum absolute atomic E-state index is 12.9. The SMILES string of the molecule is CCOC(=O)C(CC(C)C(=O)OCc1cccc2cc3ccccc3cc12)CC(CC)C(=O)OCO. The van der Waals surface area contributed by atoms with Crippen LogP contribution in [0.3, 0.4) is 0 Å². The molecule has 3 rings (SSSR count). The quantitative estimate of drug-likeness (QED) is 0.161. The Kier molecular flexibility index (Phi) is 9.82. The Morgan fingerprint density at radius 1 is 0.778 bits per heavy atom. The second-order valence-electron chi connectivity index (χ2n) is 8.96. The van der Waals surface area contributed by atoms with Gasteiger partial charge in [0.1, 0.15) is 6.61 Å².